The quantitative estimate of drug-likeness (QED) is 0.283. The van der Waals surface area contributed by atoms with Gasteiger partial charge in [0, 0.05) is 31.3 Å². The molecule has 7 heteroatoms. The van der Waals surface area contributed by atoms with Gasteiger partial charge in [0.2, 0.25) is 0 Å². The second-order valence-electron chi connectivity index (χ2n) is 6.12. The third-order valence-electron chi connectivity index (χ3n) is 3.91. The predicted octanol–water partition coefficient (Wildman–Crippen LogP) is 3.27. The Morgan fingerprint density at radius 3 is 2.80 bits per heavy atom. The highest BCUT2D eigenvalue weighted by molar-refractivity contribution is 14.0. The Morgan fingerprint density at radius 1 is 1.24 bits per heavy atom. The van der Waals surface area contributed by atoms with E-state index < -0.39 is 0 Å². The fourth-order valence-corrected chi connectivity index (χ4v) is 2.44. The molecule has 0 saturated heterocycles. The summed E-state index contributed by atoms with van der Waals surface area (Å²) in [5.41, 5.74) is 0.929. The topological polar surface area (TPSA) is 64.1 Å². The number of guanidine groups is 1. The van der Waals surface area contributed by atoms with Crippen molar-refractivity contribution in [1.29, 1.82) is 0 Å². The highest BCUT2D eigenvalue weighted by Crippen LogP contribution is 2.32. The van der Waals surface area contributed by atoms with Crippen molar-refractivity contribution in [3.63, 3.8) is 0 Å². The van der Waals surface area contributed by atoms with Gasteiger partial charge in [-0.15, -0.1) is 24.0 Å². The molecule has 1 aliphatic carbocycles. The van der Waals surface area contributed by atoms with Crippen LogP contribution in [0.5, 0.6) is 11.5 Å². The molecule has 140 valence electrons. The predicted molar refractivity (Wildman–Crippen MR) is 111 cm³/mol. The van der Waals surface area contributed by atoms with Crippen molar-refractivity contribution in [2.24, 2.45) is 10.9 Å². The molecule has 6 nitrogen and oxygen atoms in total. The molecule has 0 amide bonds. The Labute approximate surface area is 166 Å². The first-order valence-electron chi connectivity index (χ1n) is 8.88. The number of hydrogen-bond acceptors (Lipinski definition) is 4. The summed E-state index contributed by atoms with van der Waals surface area (Å²) in [6, 6.07) is 5.87. The van der Waals surface area contributed by atoms with Gasteiger partial charge in [0.1, 0.15) is 0 Å². The van der Waals surface area contributed by atoms with Crippen LogP contribution in [0, 0.1) is 5.92 Å². The van der Waals surface area contributed by atoms with E-state index in [4.69, 9.17) is 14.2 Å². The van der Waals surface area contributed by atoms with Crippen LogP contribution in [0.3, 0.4) is 0 Å². The Morgan fingerprint density at radius 2 is 2.04 bits per heavy atom. The molecule has 1 aliphatic heterocycles. The summed E-state index contributed by atoms with van der Waals surface area (Å²) < 4.78 is 17.0. The standard InChI is InChI=1S/C18H27N3O3.HI/c1-2-19-18(20-8-11-22-13-14-4-5-14)21-15-6-7-16-17(12-15)24-10-3-9-23-16;/h6-7,12,14H,2-5,8-11,13H2,1H3,(H2,19,20,21);1H. The Balaban J connectivity index is 0.00000225. The number of anilines is 1. The Kier molecular flexibility index (Phi) is 8.60. The lowest BCUT2D eigenvalue weighted by atomic mass is 10.3. The minimum Gasteiger partial charge on any atom is -0.490 e. The molecule has 1 aromatic carbocycles. The van der Waals surface area contributed by atoms with E-state index in [1.165, 1.54) is 12.8 Å². The van der Waals surface area contributed by atoms with Crippen molar-refractivity contribution in [2.75, 3.05) is 44.8 Å². The van der Waals surface area contributed by atoms with Crippen LogP contribution >= 0.6 is 24.0 Å². The van der Waals surface area contributed by atoms with Crippen LogP contribution in [0.25, 0.3) is 0 Å². The van der Waals surface area contributed by atoms with Gasteiger partial charge in [0.25, 0.3) is 0 Å². The number of hydrogen-bond donors (Lipinski definition) is 2. The first-order valence-corrected chi connectivity index (χ1v) is 8.88. The van der Waals surface area contributed by atoms with Crippen molar-refractivity contribution in [3.8, 4) is 11.5 Å². The number of benzene rings is 1. The molecule has 25 heavy (non-hydrogen) atoms. The van der Waals surface area contributed by atoms with Gasteiger partial charge < -0.3 is 24.8 Å². The molecule has 1 heterocycles. The molecule has 1 fully saturated rings. The molecular formula is C18H28IN3O3. The minimum absolute atomic E-state index is 0. The lowest BCUT2D eigenvalue weighted by Crippen LogP contribution is -2.31. The van der Waals surface area contributed by atoms with E-state index in [-0.39, 0.29) is 24.0 Å². The molecule has 0 aromatic heterocycles. The Hall–Kier alpha value is -1.22. The monoisotopic (exact) mass is 461 g/mol. The van der Waals surface area contributed by atoms with Crippen LogP contribution in [0.4, 0.5) is 5.69 Å². The summed E-state index contributed by atoms with van der Waals surface area (Å²) in [7, 11) is 0. The van der Waals surface area contributed by atoms with Gasteiger partial charge in [-0.25, -0.2) is 0 Å². The maximum atomic E-state index is 5.73. The van der Waals surface area contributed by atoms with Crippen molar-refractivity contribution in [2.45, 2.75) is 26.2 Å². The molecule has 0 atom stereocenters. The van der Waals surface area contributed by atoms with Crippen LogP contribution in [-0.2, 0) is 4.74 Å². The fraction of sp³-hybridized carbons (Fsp3) is 0.611. The minimum atomic E-state index is 0. The van der Waals surface area contributed by atoms with Crippen LogP contribution in [0.15, 0.2) is 23.2 Å². The first kappa shape index (κ1) is 20.1. The van der Waals surface area contributed by atoms with Gasteiger partial charge in [0.05, 0.1) is 26.4 Å². The highest BCUT2D eigenvalue weighted by atomic mass is 127. The molecule has 0 unspecified atom stereocenters. The van der Waals surface area contributed by atoms with E-state index in [9.17, 15) is 0 Å². The van der Waals surface area contributed by atoms with Crippen molar-refractivity contribution in [3.05, 3.63) is 18.2 Å². The van der Waals surface area contributed by atoms with E-state index in [1.54, 1.807) is 0 Å². The molecule has 1 aromatic rings. The number of nitrogens with zero attached hydrogens (tertiary/aromatic N) is 1. The molecule has 1 saturated carbocycles. The molecule has 0 spiro atoms. The van der Waals surface area contributed by atoms with Crippen LogP contribution in [-0.4, -0.2) is 45.5 Å². The summed E-state index contributed by atoms with van der Waals surface area (Å²) in [4.78, 5) is 4.55. The zero-order valence-electron chi connectivity index (χ0n) is 14.8. The van der Waals surface area contributed by atoms with Crippen molar-refractivity contribution >= 4 is 35.6 Å². The zero-order chi connectivity index (χ0) is 16.6. The lowest BCUT2D eigenvalue weighted by Gasteiger charge is -2.13. The SMILES string of the molecule is CCNC(=NCCOCC1CC1)Nc1ccc2c(c1)OCCCO2.I. The van der Waals surface area contributed by atoms with Gasteiger partial charge in [-0.1, -0.05) is 0 Å². The van der Waals surface area contributed by atoms with E-state index in [2.05, 4.69) is 22.5 Å². The summed E-state index contributed by atoms with van der Waals surface area (Å²) in [6.07, 6.45) is 3.54. The highest BCUT2D eigenvalue weighted by Gasteiger charge is 2.20. The number of rotatable bonds is 7. The summed E-state index contributed by atoms with van der Waals surface area (Å²) in [6.45, 7) is 6.42. The van der Waals surface area contributed by atoms with Gasteiger partial charge >= 0.3 is 0 Å². The van der Waals surface area contributed by atoms with Crippen LogP contribution < -0.4 is 20.1 Å². The number of fused-ring (bicyclic) bond motifs is 1. The second-order valence-corrected chi connectivity index (χ2v) is 6.12. The number of aliphatic imine (C=N–C) groups is 1. The third kappa shape index (κ3) is 6.89. The van der Waals surface area contributed by atoms with E-state index in [0.29, 0.717) is 26.4 Å². The second kappa shape index (κ2) is 10.7. The number of ether oxygens (including phenoxy) is 3. The van der Waals surface area contributed by atoms with E-state index >= 15 is 0 Å². The van der Waals surface area contributed by atoms with Gasteiger partial charge in [-0.3, -0.25) is 4.99 Å². The molecule has 2 N–H and O–H groups in total. The normalized spacial score (nSPS) is 16.6. The number of halogens is 1. The maximum Gasteiger partial charge on any atom is 0.195 e. The van der Waals surface area contributed by atoms with E-state index in [1.807, 2.05) is 18.2 Å². The largest absolute Gasteiger partial charge is 0.490 e. The molecule has 2 aliphatic rings. The van der Waals surface area contributed by atoms with Crippen molar-refractivity contribution < 1.29 is 14.2 Å². The molecule has 0 bridgehead atoms. The Bertz CT molecular complexity index is 564. The summed E-state index contributed by atoms with van der Waals surface area (Å²) in [5.74, 6) is 3.12. The van der Waals surface area contributed by atoms with E-state index in [0.717, 1.165) is 48.6 Å². The smallest absolute Gasteiger partial charge is 0.195 e. The lowest BCUT2D eigenvalue weighted by molar-refractivity contribution is 0.132. The molecule has 0 radical (unpaired) electrons. The zero-order valence-corrected chi connectivity index (χ0v) is 17.1. The first-order chi connectivity index (χ1) is 11.8. The molecular weight excluding hydrogens is 433 g/mol. The third-order valence-corrected chi connectivity index (χ3v) is 3.91. The van der Waals surface area contributed by atoms with Gasteiger partial charge in [-0.2, -0.15) is 0 Å². The number of nitrogens with one attached hydrogen (secondary N) is 2. The molecule has 3 rings (SSSR count). The summed E-state index contributed by atoms with van der Waals surface area (Å²) in [5, 5.41) is 6.56. The average molecular weight is 461 g/mol. The van der Waals surface area contributed by atoms with Crippen LogP contribution in [0.2, 0.25) is 0 Å². The van der Waals surface area contributed by atoms with Gasteiger partial charge in [0.15, 0.2) is 17.5 Å². The van der Waals surface area contributed by atoms with Crippen LogP contribution in [0.1, 0.15) is 26.2 Å². The van der Waals surface area contributed by atoms with Crippen molar-refractivity contribution in [1.82, 2.24) is 5.32 Å². The fourth-order valence-electron chi connectivity index (χ4n) is 2.44. The van der Waals surface area contributed by atoms with Gasteiger partial charge in [-0.05, 0) is 37.8 Å². The summed E-state index contributed by atoms with van der Waals surface area (Å²) >= 11 is 0. The maximum absolute atomic E-state index is 5.73. The average Bonchev–Trinajstić information content (AvgIpc) is 3.41.